The molecule has 2 atom stereocenters. The SMILES string of the molecule is CN1CCN2c3cc(F)c(C(=O)N[C@H]4CCC(=O)NC4=O)cc3OC[C@@H]2C1. The summed E-state index contributed by atoms with van der Waals surface area (Å²) in [6.45, 7) is 2.93. The van der Waals surface area contributed by atoms with Crippen LogP contribution in [0.5, 0.6) is 5.75 Å². The molecule has 0 saturated carbocycles. The van der Waals surface area contributed by atoms with E-state index < -0.39 is 23.7 Å². The monoisotopic (exact) mass is 376 g/mol. The molecule has 0 aliphatic carbocycles. The van der Waals surface area contributed by atoms with E-state index in [0.29, 0.717) is 18.0 Å². The minimum Gasteiger partial charge on any atom is -0.489 e. The number of piperidine rings is 1. The lowest BCUT2D eigenvalue weighted by molar-refractivity contribution is -0.134. The highest BCUT2D eigenvalue weighted by Gasteiger charge is 2.34. The molecule has 3 aliphatic heterocycles. The summed E-state index contributed by atoms with van der Waals surface area (Å²) in [5.74, 6) is -1.85. The molecule has 3 amide bonds. The fourth-order valence-electron chi connectivity index (χ4n) is 3.78. The fourth-order valence-corrected chi connectivity index (χ4v) is 3.78. The third-order valence-electron chi connectivity index (χ3n) is 5.26. The number of carbonyl (C=O) groups is 3. The van der Waals surface area contributed by atoms with Crippen molar-refractivity contribution in [3.05, 3.63) is 23.5 Å². The number of hydrogen-bond donors (Lipinski definition) is 2. The largest absolute Gasteiger partial charge is 0.489 e. The average molecular weight is 376 g/mol. The lowest BCUT2D eigenvalue weighted by Gasteiger charge is -2.44. The molecule has 2 saturated heterocycles. The summed E-state index contributed by atoms with van der Waals surface area (Å²) >= 11 is 0. The Kier molecular flexibility index (Phi) is 4.47. The minimum atomic E-state index is -0.853. The number of carbonyl (C=O) groups excluding carboxylic acids is 3. The molecule has 2 fully saturated rings. The zero-order valence-electron chi connectivity index (χ0n) is 15.0. The maximum absolute atomic E-state index is 14.7. The maximum Gasteiger partial charge on any atom is 0.255 e. The molecule has 2 N–H and O–H groups in total. The number of ether oxygens (including phenoxy) is 1. The summed E-state index contributed by atoms with van der Waals surface area (Å²) in [7, 11) is 2.04. The van der Waals surface area contributed by atoms with Gasteiger partial charge in [-0.05, 0) is 19.5 Å². The fraction of sp³-hybridized carbons (Fsp3) is 0.500. The van der Waals surface area contributed by atoms with Crippen LogP contribution in [0.3, 0.4) is 0 Å². The first-order chi connectivity index (χ1) is 12.9. The predicted octanol–water partition coefficient (Wildman–Crippen LogP) is -0.126. The molecule has 0 radical (unpaired) electrons. The molecule has 1 aromatic carbocycles. The van der Waals surface area contributed by atoms with Gasteiger partial charge >= 0.3 is 0 Å². The van der Waals surface area contributed by atoms with Crippen molar-refractivity contribution in [2.75, 3.05) is 38.2 Å². The Morgan fingerprint density at radius 1 is 1.33 bits per heavy atom. The van der Waals surface area contributed by atoms with E-state index in [4.69, 9.17) is 4.74 Å². The maximum atomic E-state index is 14.7. The second-order valence-electron chi connectivity index (χ2n) is 7.20. The molecule has 0 spiro atoms. The van der Waals surface area contributed by atoms with Crippen molar-refractivity contribution in [3.63, 3.8) is 0 Å². The number of nitrogens with zero attached hydrogens (tertiary/aromatic N) is 2. The van der Waals surface area contributed by atoms with E-state index in [9.17, 15) is 18.8 Å². The van der Waals surface area contributed by atoms with Gasteiger partial charge < -0.3 is 19.9 Å². The molecule has 9 heteroatoms. The number of anilines is 1. The Bertz CT molecular complexity index is 815. The van der Waals surface area contributed by atoms with E-state index in [1.165, 1.54) is 12.1 Å². The second kappa shape index (κ2) is 6.80. The Morgan fingerprint density at radius 2 is 2.15 bits per heavy atom. The summed E-state index contributed by atoms with van der Waals surface area (Å²) < 4.78 is 20.4. The number of fused-ring (bicyclic) bond motifs is 3. The number of nitrogens with one attached hydrogen (secondary N) is 2. The van der Waals surface area contributed by atoms with Crippen molar-refractivity contribution in [2.24, 2.45) is 0 Å². The van der Waals surface area contributed by atoms with Crippen molar-refractivity contribution in [3.8, 4) is 5.75 Å². The number of likely N-dealkylation sites (N-methyl/N-ethyl adjacent to an activating group) is 1. The highest BCUT2D eigenvalue weighted by Crippen LogP contribution is 2.37. The third kappa shape index (κ3) is 3.34. The van der Waals surface area contributed by atoms with Gasteiger partial charge in [0.1, 0.15) is 24.2 Å². The zero-order chi connectivity index (χ0) is 19.1. The van der Waals surface area contributed by atoms with Crippen LogP contribution in [0.1, 0.15) is 23.2 Å². The first kappa shape index (κ1) is 17.7. The van der Waals surface area contributed by atoms with E-state index in [2.05, 4.69) is 20.4 Å². The molecule has 144 valence electrons. The van der Waals surface area contributed by atoms with Crippen molar-refractivity contribution >= 4 is 23.4 Å². The van der Waals surface area contributed by atoms with Gasteiger partial charge in [-0.2, -0.15) is 0 Å². The lowest BCUT2D eigenvalue weighted by atomic mass is 10.0. The topological polar surface area (TPSA) is 91.0 Å². The molecule has 4 rings (SSSR count). The van der Waals surface area contributed by atoms with Crippen LogP contribution in [0.2, 0.25) is 0 Å². The first-order valence-corrected chi connectivity index (χ1v) is 8.98. The highest BCUT2D eigenvalue weighted by atomic mass is 19.1. The van der Waals surface area contributed by atoms with Crippen LogP contribution in [0.15, 0.2) is 12.1 Å². The standard InChI is InChI=1S/C18H21FN4O4/c1-22-4-5-23-10(8-22)9-27-15-6-11(12(19)7-14(15)23)17(25)20-13-2-3-16(24)21-18(13)26/h6-7,10,13H,2-5,8-9H2,1H3,(H,20,25)(H,21,24,26)/t10-,13-/m0/s1. The van der Waals surface area contributed by atoms with E-state index in [1.807, 2.05) is 7.05 Å². The van der Waals surface area contributed by atoms with Crippen LogP contribution >= 0.6 is 0 Å². The van der Waals surface area contributed by atoms with E-state index in [-0.39, 0.29) is 30.4 Å². The molecule has 3 aliphatic rings. The summed E-state index contributed by atoms with van der Waals surface area (Å²) in [5, 5.41) is 4.66. The van der Waals surface area contributed by atoms with Gasteiger partial charge in [0.05, 0.1) is 17.3 Å². The Hall–Kier alpha value is -2.68. The van der Waals surface area contributed by atoms with Gasteiger partial charge in [-0.25, -0.2) is 4.39 Å². The molecule has 3 heterocycles. The first-order valence-electron chi connectivity index (χ1n) is 8.98. The predicted molar refractivity (Wildman–Crippen MR) is 94.2 cm³/mol. The van der Waals surface area contributed by atoms with Crippen LogP contribution < -0.4 is 20.3 Å². The Labute approximate surface area is 155 Å². The quantitative estimate of drug-likeness (QED) is 0.699. The van der Waals surface area contributed by atoms with Gasteiger partial charge in [0, 0.05) is 32.1 Å². The van der Waals surface area contributed by atoms with Gasteiger partial charge in [0.15, 0.2) is 0 Å². The number of benzene rings is 1. The van der Waals surface area contributed by atoms with Gasteiger partial charge in [0.2, 0.25) is 11.8 Å². The number of rotatable bonds is 2. The molecule has 0 bridgehead atoms. The van der Waals surface area contributed by atoms with Crippen LogP contribution in [0, 0.1) is 5.82 Å². The molecule has 0 unspecified atom stereocenters. The lowest BCUT2D eigenvalue weighted by Crippen LogP contribution is -2.56. The number of piperazine rings is 1. The van der Waals surface area contributed by atoms with Gasteiger partial charge in [0.25, 0.3) is 5.91 Å². The van der Waals surface area contributed by atoms with Crippen molar-refractivity contribution < 1.29 is 23.5 Å². The molecule has 1 aromatic rings. The van der Waals surface area contributed by atoms with E-state index in [1.54, 1.807) is 0 Å². The van der Waals surface area contributed by atoms with E-state index in [0.717, 1.165) is 19.6 Å². The molecule has 27 heavy (non-hydrogen) atoms. The smallest absolute Gasteiger partial charge is 0.255 e. The summed E-state index contributed by atoms with van der Waals surface area (Å²) in [6.07, 6.45) is 0.333. The number of halogens is 1. The summed E-state index contributed by atoms with van der Waals surface area (Å²) in [6, 6.07) is 2.01. The van der Waals surface area contributed by atoms with Crippen molar-refractivity contribution in [2.45, 2.75) is 24.9 Å². The van der Waals surface area contributed by atoms with Crippen LogP contribution in [-0.2, 0) is 9.59 Å². The van der Waals surface area contributed by atoms with Crippen LogP contribution in [0.25, 0.3) is 0 Å². The molecular weight excluding hydrogens is 355 g/mol. The number of imide groups is 1. The highest BCUT2D eigenvalue weighted by molar-refractivity contribution is 6.04. The summed E-state index contributed by atoms with van der Waals surface area (Å²) in [5.41, 5.74) is 0.473. The van der Waals surface area contributed by atoms with Crippen LogP contribution in [0.4, 0.5) is 10.1 Å². The average Bonchev–Trinajstić information content (AvgIpc) is 2.63. The molecule has 0 aromatic heterocycles. The van der Waals surface area contributed by atoms with E-state index >= 15 is 0 Å². The second-order valence-corrected chi connectivity index (χ2v) is 7.20. The van der Waals surface area contributed by atoms with Gasteiger partial charge in [-0.3, -0.25) is 19.7 Å². The van der Waals surface area contributed by atoms with Gasteiger partial charge in [-0.1, -0.05) is 0 Å². The Balaban J connectivity index is 1.54. The number of hydrogen-bond acceptors (Lipinski definition) is 6. The minimum absolute atomic E-state index is 0.136. The zero-order valence-corrected chi connectivity index (χ0v) is 15.0. The van der Waals surface area contributed by atoms with Crippen LogP contribution in [-0.4, -0.2) is 68.0 Å². The molecular formula is C18H21FN4O4. The normalized spacial score (nSPS) is 25.2. The molecule has 8 nitrogen and oxygen atoms in total. The third-order valence-corrected chi connectivity index (χ3v) is 5.26. The van der Waals surface area contributed by atoms with Crippen molar-refractivity contribution in [1.29, 1.82) is 0 Å². The number of amides is 3. The Morgan fingerprint density at radius 3 is 2.93 bits per heavy atom. The van der Waals surface area contributed by atoms with Gasteiger partial charge in [-0.15, -0.1) is 0 Å². The summed E-state index contributed by atoms with van der Waals surface area (Å²) in [4.78, 5) is 39.8. The van der Waals surface area contributed by atoms with Crippen molar-refractivity contribution in [1.82, 2.24) is 15.5 Å².